The van der Waals surface area contributed by atoms with E-state index in [1.165, 1.54) is 4.31 Å². The maximum atomic E-state index is 12.7. The fraction of sp³-hybridized carbons (Fsp3) is 0.381. The van der Waals surface area contributed by atoms with Crippen molar-refractivity contribution in [2.75, 3.05) is 23.7 Å². The fourth-order valence-corrected chi connectivity index (χ4v) is 4.09. The molecule has 1 unspecified atom stereocenters. The molecule has 0 aromatic heterocycles. The summed E-state index contributed by atoms with van der Waals surface area (Å²) in [5.74, 6) is -0.336. The van der Waals surface area contributed by atoms with Crippen LogP contribution in [0.3, 0.4) is 0 Å². The summed E-state index contributed by atoms with van der Waals surface area (Å²) in [5, 5.41) is 2.78. The number of hydrogen-bond acceptors (Lipinski definition) is 4. The lowest BCUT2D eigenvalue weighted by molar-refractivity contribution is -0.122. The predicted octanol–water partition coefficient (Wildman–Crippen LogP) is 2.87. The molecule has 2 rings (SSSR count). The molecule has 0 radical (unpaired) electrons. The number of benzene rings is 2. The van der Waals surface area contributed by atoms with E-state index in [4.69, 9.17) is 4.74 Å². The number of rotatable bonds is 10. The van der Waals surface area contributed by atoms with Crippen molar-refractivity contribution in [1.82, 2.24) is 5.32 Å². The van der Waals surface area contributed by atoms with Gasteiger partial charge in [0.05, 0.1) is 25.2 Å². The second-order valence-corrected chi connectivity index (χ2v) is 8.51. The minimum Gasteiger partial charge on any atom is -0.375 e. The van der Waals surface area contributed by atoms with Gasteiger partial charge in [0.1, 0.15) is 6.04 Å². The summed E-state index contributed by atoms with van der Waals surface area (Å²) in [6.07, 6.45) is 1.48. The Morgan fingerprint density at radius 2 is 1.75 bits per heavy atom. The first-order valence-electron chi connectivity index (χ1n) is 9.28. The molecule has 0 bridgehead atoms. The smallest absolute Gasteiger partial charge is 0.243 e. The lowest BCUT2D eigenvalue weighted by atomic mass is 10.1. The number of anilines is 1. The molecule has 0 aliphatic rings. The molecule has 6 nitrogen and oxygen atoms in total. The number of carbonyl (C=O) groups is 1. The Kier molecular flexibility index (Phi) is 8.02. The van der Waals surface area contributed by atoms with Gasteiger partial charge < -0.3 is 10.1 Å². The van der Waals surface area contributed by atoms with Gasteiger partial charge in [-0.1, -0.05) is 55.0 Å². The van der Waals surface area contributed by atoms with Crippen LogP contribution in [0.2, 0.25) is 0 Å². The zero-order valence-electron chi connectivity index (χ0n) is 16.6. The average Bonchev–Trinajstić information content (AvgIpc) is 2.66. The molecular weight excluding hydrogens is 376 g/mol. The first kappa shape index (κ1) is 21.9. The number of amides is 1. The van der Waals surface area contributed by atoms with E-state index in [0.29, 0.717) is 31.9 Å². The summed E-state index contributed by atoms with van der Waals surface area (Å²) in [6.45, 7) is 4.84. The van der Waals surface area contributed by atoms with Crippen LogP contribution in [0, 0.1) is 6.92 Å². The highest BCUT2D eigenvalue weighted by molar-refractivity contribution is 7.92. The topological polar surface area (TPSA) is 75.7 Å². The van der Waals surface area contributed by atoms with Gasteiger partial charge in [-0.3, -0.25) is 9.10 Å². The van der Waals surface area contributed by atoms with Gasteiger partial charge in [-0.15, -0.1) is 0 Å². The first-order chi connectivity index (χ1) is 13.3. The van der Waals surface area contributed by atoms with Crippen LogP contribution in [-0.2, 0) is 26.2 Å². The molecule has 1 N–H and O–H groups in total. The standard InChI is InChI=1S/C21H28N2O4S/c1-4-20(23(28(3,25)26)19-12-10-17(2)11-13-19)21(24)22-14-15-27-16-18-8-6-5-7-9-18/h5-13,20H,4,14-16H2,1-3H3,(H,22,24). The zero-order valence-corrected chi connectivity index (χ0v) is 17.4. The monoisotopic (exact) mass is 404 g/mol. The molecule has 0 saturated heterocycles. The van der Waals surface area contributed by atoms with E-state index in [-0.39, 0.29) is 5.91 Å². The van der Waals surface area contributed by atoms with Gasteiger partial charge in [0.2, 0.25) is 15.9 Å². The maximum Gasteiger partial charge on any atom is 0.243 e. The lowest BCUT2D eigenvalue weighted by Gasteiger charge is -2.30. The number of sulfonamides is 1. The van der Waals surface area contributed by atoms with Crippen molar-refractivity contribution in [3.05, 3.63) is 65.7 Å². The molecular formula is C21H28N2O4S. The van der Waals surface area contributed by atoms with Crippen molar-refractivity contribution in [2.45, 2.75) is 32.9 Å². The molecule has 0 fully saturated rings. The maximum absolute atomic E-state index is 12.7. The van der Waals surface area contributed by atoms with Gasteiger partial charge in [0.25, 0.3) is 0 Å². The molecule has 1 atom stereocenters. The third-order valence-electron chi connectivity index (χ3n) is 4.28. The Morgan fingerprint density at radius 3 is 2.32 bits per heavy atom. The molecule has 152 valence electrons. The highest BCUT2D eigenvalue weighted by Crippen LogP contribution is 2.22. The van der Waals surface area contributed by atoms with Gasteiger partial charge >= 0.3 is 0 Å². The molecule has 0 aliphatic carbocycles. The number of nitrogens with zero attached hydrogens (tertiary/aromatic N) is 1. The zero-order chi connectivity index (χ0) is 20.6. The summed E-state index contributed by atoms with van der Waals surface area (Å²) in [6, 6.07) is 16.0. The number of nitrogens with one attached hydrogen (secondary N) is 1. The van der Waals surface area contributed by atoms with Crippen molar-refractivity contribution in [2.24, 2.45) is 0 Å². The number of hydrogen-bond donors (Lipinski definition) is 1. The van der Waals surface area contributed by atoms with E-state index in [1.54, 1.807) is 19.1 Å². The van der Waals surface area contributed by atoms with Crippen molar-refractivity contribution in [1.29, 1.82) is 0 Å². The van der Waals surface area contributed by atoms with Crippen molar-refractivity contribution >= 4 is 21.6 Å². The number of carbonyl (C=O) groups excluding carboxylic acids is 1. The molecule has 1 amide bonds. The minimum atomic E-state index is -3.62. The molecule has 0 spiro atoms. The van der Waals surface area contributed by atoms with E-state index in [9.17, 15) is 13.2 Å². The summed E-state index contributed by atoms with van der Waals surface area (Å²) < 4.78 is 31.5. The van der Waals surface area contributed by atoms with Gasteiger partial charge in [0.15, 0.2) is 0 Å². The third kappa shape index (κ3) is 6.35. The van der Waals surface area contributed by atoms with Crippen LogP contribution >= 0.6 is 0 Å². The van der Waals surface area contributed by atoms with Gasteiger partial charge in [-0.2, -0.15) is 0 Å². The summed E-state index contributed by atoms with van der Waals surface area (Å²) >= 11 is 0. The molecule has 2 aromatic carbocycles. The second kappa shape index (κ2) is 10.2. The van der Waals surface area contributed by atoms with Crippen molar-refractivity contribution in [3.8, 4) is 0 Å². The largest absolute Gasteiger partial charge is 0.375 e. The van der Waals surface area contributed by atoms with Crippen molar-refractivity contribution < 1.29 is 17.9 Å². The number of aryl methyl sites for hydroxylation is 1. The molecule has 0 aliphatic heterocycles. The molecule has 0 saturated carbocycles. The van der Waals surface area contributed by atoms with E-state index in [1.807, 2.05) is 49.4 Å². The van der Waals surface area contributed by atoms with E-state index in [0.717, 1.165) is 17.4 Å². The van der Waals surface area contributed by atoms with Crippen LogP contribution in [0.15, 0.2) is 54.6 Å². The highest BCUT2D eigenvalue weighted by Gasteiger charge is 2.31. The summed E-state index contributed by atoms with van der Waals surface area (Å²) in [4.78, 5) is 12.7. The lowest BCUT2D eigenvalue weighted by Crippen LogP contribution is -2.49. The molecule has 2 aromatic rings. The summed E-state index contributed by atoms with van der Waals surface area (Å²) in [5.41, 5.74) is 2.56. The number of ether oxygens (including phenoxy) is 1. The first-order valence-corrected chi connectivity index (χ1v) is 11.1. The third-order valence-corrected chi connectivity index (χ3v) is 5.46. The average molecular weight is 405 g/mol. The Balaban J connectivity index is 1.96. The van der Waals surface area contributed by atoms with Crippen LogP contribution in [0.25, 0.3) is 0 Å². The summed E-state index contributed by atoms with van der Waals surface area (Å²) in [7, 11) is -3.62. The van der Waals surface area contributed by atoms with Gasteiger partial charge in [-0.05, 0) is 31.0 Å². The van der Waals surface area contributed by atoms with E-state index in [2.05, 4.69) is 5.32 Å². The highest BCUT2D eigenvalue weighted by atomic mass is 32.2. The second-order valence-electron chi connectivity index (χ2n) is 6.65. The van der Waals surface area contributed by atoms with Crippen LogP contribution in [0.5, 0.6) is 0 Å². The van der Waals surface area contributed by atoms with Crippen LogP contribution in [-0.4, -0.2) is 39.8 Å². The van der Waals surface area contributed by atoms with Gasteiger partial charge in [-0.25, -0.2) is 8.42 Å². The normalized spacial score (nSPS) is 12.4. The van der Waals surface area contributed by atoms with Gasteiger partial charge in [0, 0.05) is 6.54 Å². The van der Waals surface area contributed by atoms with Crippen LogP contribution < -0.4 is 9.62 Å². The molecule has 28 heavy (non-hydrogen) atoms. The quantitative estimate of drug-likeness (QED) is 0.618. The van der Waals surface area contributed by atoms with E-state index < -0.39 is 16.1 Å². The minimum absolute atomic E-state index is 0.313. The Labute approximate surface area is 167 Å². The van der Waals surface area contributed by atoms with Crippen LogP contribution in [0.1, 0.15) is 24.5 Å². The SMILES string of the molecule is CCC(C(=O)NCCOCc1ccccc1)N(c1ccc(C)cc1)S(C)(=O)=O. The van der Waals surface area contributed by atoms with Crippen LogP contribution in [0.4, 0.5) is 5.69 Å². The Hall–Kier alpha value is -2.38. The molecule has 0 heterocycles. The predicted molar refractivity (Wildman–Crippen MR) is 112 cm³/mol. The molecule has 7 heteroatoms. The fourth-order valence-electron chi connectivity index (χ4n) is 2.88. The Morgan fingerprint density at radius 1 is 1.11 bits per heavy atom. The van der Waals surface area contributed by atoms with Crippen molar-refractivity contribution in [3.63, 3.8) is 0 Å². The van der Waals surface area contributed by atoms with E-state index >= 15 is 0 Å². The Bertz CT molecular complexity index is 852.